The smallest absolute Gasteiger partial charge is 0.253 e. The van der Waals surface area contributed by atoms with E-state index in [1.165, 1.54) is 0 Å². The van der Waals surface area contributed by atoms with Crippen molar-refractivity contribution in [2.75, 3.05) is 38.0 Å². The molecule has 2 amide bonds. The Hall–Kier alpha value is -2.96. The first-order valence-electron chi connectivity index (χ1n) is 12.2. The van der Waals surface area contributed by atoms with Crippen molar-refractivity contribution in [1.82, 2.24) is 14.7 Å². The quantitative estimate of drug-likeness (QED) is 0.420. The number of rotatable bonds is 10. The summed E-state index contributed by atoms with van der Waals surface area (Å²) in [7, 11) is 0. The van der Waals surface area contributed by atoms with E-state index in [0.29, 0.717) is 37.1 Å². The van der Waals surface area contributed by atoms with E-state index in [4.69, 9.17) is 0 Å². The summed E-state index contributed by atoms with van der Waals surface area (Å²) >= 11 is 0. The molecule has 6 nitrogen and oxygen atoms in total. The van der Waals surface area contributed by atoms with E-state index in [-0.39, 0.29) is 11.9 Å². The van der Waals surface area contributed by atoms with Crippen molar-refractivity contribution in [2.45, 2.75) is 45.8 Å². The van der Waals surface area contributed by atoms with Gasteiger partial charge in [0.2, 0.25) is 6.41 Å². The Kier molecular flexibility index (Phi) is 9.02. The number of carbonyl (C=O) groups is 2. The second-order valence-electron chi connectivity index (χ2n) is 9.03. The number of piperazine rings is 1. The molecule has 2 aromatic rings. The molecule has 2 aromatic carbocycles. The molecule has 0 spiro atoms. The van der Waals surface area contributed by atoms with Crippen LogP contribution < -0.4 is 5.32 Å². The molecular weight excluding hydrogens is 424 g/mol. The minimum atomic E-state index is 0.00865. The van der Waals surface area contributed by atoms with Crippen molar-refractivity contribution >= 4 is 18.0 Å². The highest BCUT2D eigenvalue weighted by molar-refractivity contribution is 5.94. The van der Waals surface area contributed by atoms with Crippen molar-refractivity contribution in [1.29, 1.82) is 0 Å². The van der Waals surface area contributed by atoms with Crippen molar-refractivity contribution in [3.63, 3.8) is 0 Å². The molecule has 3 atom stereocenters. The van der Waals surface area contributed by atoms with Gasteiger partial charge in [0.1, 0.15) is 0 Å². The van der Waals surface area contributed by atoms with Gasteiger partial charge in [-0.05, 0) is 63.1 Å². The number of carbonyl (C=O) groups excluding carboxylic acids is 2. The maximum Gasteiger partial charge on any atom is 0.253 e. The van der Waals surface area contributed by atoms with Crippen LogP contribution in [0.2, 0.25) is 0 Å². The van der Waals surface area contributed by atoms with Gasteiger partial charge in [-0.25, -0.2) is 0 Å². The summed E-state index contributed by atoms with van der Waals surface area (Å²) in [6, 6.07) is 16.8. The maximum absolute atomic E-state index is 12.8. The number of nitrogens with zero attached hydrogens (tertiary/aromatic N) is 3. The standard InChI is InChI=1S/C28H38N4O2/c1-6-16-31-18-22(5)32(19-21(31)4)27(25-10-9-11-26(17-25)29-20-33)23-12-14-24(15-13-23)28(34)30(7-2)8-3/h6,9-15,17,20-22,27H,1,7-8,16,18-19H2,2-5H3,(H,29,33). The van der Waals surface area contributed by atoms with Gasteiger partial charge in [0, 0.05) is 56.1 Å². The van der Waals surface area contributed by atoms with Crippen LogP contribution in [0.1, 0.15) is 55.2 Å². The van der Waals surface area contributed by atoms with Crippen molar-refractivity contribution in [3.05, 3.63) is 77.9 Å². The molecule has 182 valence electrons. The van der Waals surface area contributed by atoms with Crippen LogP contribution in [-0.2, 0) is 4.79 Å². The largest absolute Gasteiger partial charge is 0.339 e. The summed E-state index contributed by atoms with van der Waals surface area (Å²) in [4.78, 5) is 30.7. The molecule has 0 bridgehead atoms. The number of nitrogens with one attached hydrogen (secondary N) is 1. The Morgan fingerprint density at radius 1 is 1.09 bits per heavy atom. The average molecular weight is 463 g/mol. The zero-order chi connectivity index (χ0) is 24.7. The number of amides is 2. The Morgan fingerprint density at radius 3 is 2.41 bits per heavy atom. The first kappa shape index (κ1) is 25.7. The molecule has 1 aliphatic rings. The zero-order valence-electron chi connectivity index (χ0n) is 20.9. The normalized spacial score (nSPS) is 19.9. The monoisotopic (exact) mass is 462 g/mol. The van der Waals surface area contributed by atoms with E-state index >= 15 is 0 Å². The molecule has 34 heavy (non-hydrogen) atoms. The van der Waals surface area contributed by atoms with Crippen LogP contribution in [0.3, 0.4) is 0 Å². The van der Waals surface area contributed by atoms with Gasteiger partial charge in [0.25, 0.3) is 5.91 Å². The highest BCUT2D eigenvalue weighted by atomic mass is 16.2. The fourth-order valence-corrected chi connectivity index (χ4v) is 4.95. The third-order valence-electron chi connectivity index (χ3n) is 6.81. The van der Waals surface area contributed by atoms with Gasteiger partial charge in [-0.2, -0.15) is 0 Å². The summed E-state index contributed by atoms with van der Waals surface area (Å²) in [5.41, 5.74) is 3.73. The Morgan fingerprint density at radius 2 is 1.79 bits per heavy atom. The fourth-order valence-electron chi connectivity index (χ4n) is 4.95. The molecule has 0 radical (unpaired) electrons. The van der Waals surface area contributed by atoms with Crippen LogP contribution in [0.25, 0.3) is 0 Å². The molecule has 1 N–H and O–H groups in total. The Balaban J connectivity index is 1.99. The lowest BCUT2D eigenvalue weighted by molar-refractivity contribution is -0.105. The van der Waals surface area contributed by atoms with Gasteiger partial charge < -0.3 is 10.2 Å². The van der Waals surface area contributed by atoms with Crippen molar-refractivity contribution in [2.24, 2.45) is 0 Å². The lowest BCUT2D eigenvalue weighted by Crippen LogP contribution is -2.57. The number of hydrogen-bond donors (Lipinski definition) is 1. The van der Waals surface area contributed by atoms with Crippen LogP contribution >= 0.6 is 0 Å². The lowest BCUT2D eigenvalue weighted by atomic mass is 9.92. The number of anilines is 1. The van der Waals surface area contributed by atoms with Crippen LogP contribution in [0, 0.1) is 0 Å². The summed E-state index contributed by atoms with van der Waals surface area (Å²) in [6.07, 6.45) is 2.68. The molecule has 0 aliphatic carbocycles. The second kappa shape index (κ2) is 12.0. The van der Waals surface area contributed by atoms with Crippen molar-refractivity contribution < 1.29 is 9.59 Å². The van der Waals surface area contributed by atoms with E-state index in [1.54, 1.807) is 0 Å². The zero-order valence-corrected chi connectivity index (χ0v) is 20.9. The predicted octanol–water partition coefficient (Wildman–Crippen LogP) is 4.41. The van der Waals surface area contributed by atoms with Gasteiger partial charge in [0.05, 0.1) is 6.04 Å². The van der Waals surface area contributed by atoms with Crippen LogP contribution in [-0.4, -0.2) is 71.8 Å². The van der Waals surface area contributed by atoms with Crippen molar-refractivity contribution in [3.8, 4) is 0 Å². The fraction of sp³-hybridized carbons (Fsp3) is 0.429. The maximum atomic E-state index is 12.8. The lowest BCUT2D eigenvalue weighted by Gasteiger charge is -2.47. The molecule has 0 saturated carbocycles. The molecule has 6 heteroatoms. The third kappa shape index (κ3) is 5.75. The Bertz CT molecular complexity index is 971. The minimum Gasteiger partial charge on any atom is -0.339 e. The number of benzene rings is 2. The summed E-state index contributed by atoms with van der Waals surface area (Å²) in [6.45, 7) is 16.6. The average Bonchev–Trinajstić information content (AvgIpc) is 2.84. The molecular formula is C28H38N4O2. The van der Waals surface area contributed by atoms with E-state index in [9.17, 15) is 9.59 Å². The molecule has 0 aromatic heterocycles. The molecule has 1 saturated heterocycles. The topological polar surface area (TPSA) is 55.9 Å². The van der Waals surface area contributed by atoms with E-state index in [2.05, 4.69) is 53.7 Å². The van der Waals surface area contributed by atoms with Gasteiger partial charge in [-0.1, -0.05) is 30.3 Å². The Labute approximate surface area is 204 Å². The van der Waals surface area contributed by atoms with Crippen LogP contribution in [0.4, 0.5) is 5.69 Å². The highest BCUT2D eigenvalue weighted by Crippen LogP contribution is 2.34. The summed E-state index contributed by atoms with van der Waals surface area (Å²) < 4.78 is 0. The summed E-state index contributed by atoms with van der Waals surface area (Å²) in [5.74, 6) is 0.0605. The molecule has 1 aliphatic heterocycles. The number of hydrogen-bond acceptors (Lipinski definition) is 4. The molecule has 3 unspecified atom stereocenters. The first-order chi connectivity index (χ1) is 16.4. The van der Waals surface area contributed by atoms with Gasteiger partial charge in [0.15, 0.2) is 0 Å². The molecule has 1 heterocycles. The van der Waals surface area contributed by atoms with E-state index in [1.807, 2.05) is 55.2 Å². The molecule has 1 fully saturated rings. The van der Waals surface area contributed by atoms with E-state index in [0.717, 1.165) is 36.4 Å². The second-order valence-corrected chi connectivity index (χ2v) is 9.03. The minimum absolute atomic E-state index is 0.00865. The van der Waals surface area contributed by atoms with E-state index < -0.39 is 0 Å². The first-order valence-corrected chi connectivity index (χ1v) is 12.2. The SMILES string of the molecule is C=CCN1CC(C)N(C(c2ccc(C(=O)N(CC)CC)cc2)c2cccc(NC=O)c2)CC1C. The van der Waals surface area contributed by atoms with Gasteiger partial charge >= 0.3 is 0 Å². The van der Waals surface area contributed by atoms with Gasteiger partial charge in [-0.15, -0.1) is 6.58 Å². The van der Waals surface area contributed by atoms with Gasteiger partial charge in [-0.3, -0.25) is 19.4 Å². The van der Waals surface area contributed by atoms with Crippen LogP contribution in [0.5, 0.6) is 0 Å². The predicted molar refractivity (Wildman–Crippen MR) is 139 cm³/mol. The molecule has 3 rings (SSSR count). The van der Waals surface area contributed by atoms with Crippen LogP contribution in [0.15, 0.2) is 61.2 Å². The highest BCUT2D eigenvalue weighted by Gasteiger charge is 2.34. The summed E-state index contributed by atoms with van der Waals surface area (Å²) in [5, 5.41) is 2.78. The third-order valence-corrected chi connectivity index (χ3v) is 6.81.